The molecule has 0 aromatic carbocycles. The van der Waals surface area contributed by atoms with E-state index in [1.54, 1.807) is 0 Å². The summed E-state index contributed by atoms with van der Waals surface area (Å²) < 4.78 is 12.7. The minimum Gasteiger partial charge on any atom is -0.338 e. The molecule has 0 aliphatic carbocycles. The first-order valence-corrected chi connectivity index (χ1v) is 5.92. The van der Waals surface area contributed by atoms with E-state index in [1.165, 1.54) is 12.4 Å². The van der Waals surface area contributed by atoms with Gasteiger partial charge in [-0.15, -0.1) is 0 Å². The lowest BCUT2D eigenvalue weighted by molar-refractivity contribution is 0.157. The number of anilines is 1. The molecule has 5 nitrogen and oxygen atoms in total. The molecule has 0 amide bonds. The van der Waals surface area contributed by atoms with Gasteiger partial charge in [-0.3, -0.25) is 4.90 Å². The lowest BCUT2D eigenvalue weighted by atomic mass is 10.0. The predicted molar refractivity (Wildman–Crippen MR) is 65.5 cm³/mol. The molecule has 2 rings (SSSR count). The number of aromatic nitrogens is 2. The molecule has 96 valence electrons. The maximum atomic E-state index is 12.7. The van der Waals surface area contributed by atoms with Crippen molar-refractivity contribution in [3.8, 4) is 6.07 Å². The van der Waals surface area contributed by atoms with Crippen LogP contribution in [0.1, 0.15) is 13.8 Å². The Labute approximate surface area is 106 Å². The zero-order valence-corrected chi connectivity index (χ0v) is 10.6. The molecule has 1 saturated heterocycles. The average molecular weight is 249 g/mol. The van der Waals surface area contributed by atoms with E-state index in [1.807, 2.05) is 18.7 Å². The van der Waals surface area contributed by atoms with E-state index < -0.39 is 11.4 Å². The van der Waals surface area contributed by atoms with Crippen molar-refractivity contribution in [2.24, 2.45) is 0 Å². The van der Waals surface area contributed by atoms with Crippen molar-refractivity contribution in [2.75, 3.05) is 31.1 Å². The van der Waals surface area contributed by atoms with E-state index >= 15 is 0 Å². The van der Waals surface area contributed by atoms with Crippen molar-refractivity contribution in [1.29, 1.82) is 5.26 Å². The maximum absolute atomic E-state index is 12.7. The Balaban J connectivity index is 1.99. The van der Waals surface area contributed by atoms with E-state index in [4.69, 9.17) is 5.26 Å². The van der Waals surface area contributed by atoms with Crippen LogP contribution in [-0.4, -0.2) is 46.6 Å². The van der Waals surface area contributed by atoms with Gasteiger partial charge in [0.15, 0.2) is 5.82 Å². The second kappa shape index (κ2) is 4.86. The van der Waals surface area contributed by atoms with Crippen LogP contribution in [0.25, 0.3) is 0 Å². The summed E-state index contributed by atoms with van der Waals surface area (Å²) in [4.78, 5) is 12.1. The third-order valence-corrected chi connectivity index (χ3v) is 3.23. The minimum absolute atomic E-state index is 0.428. The van der Waals surface area contributed by atoms with Crippen LogP contribution in [0.2, 0.25) is 0 Å². The fourth-order valence-electron chi connectivity index (χ4n) is 2.00. The van der Waals surface area contributed by atoms with Crippen molar-refractivity contribution in [3.63, 3.8) is 0 Å². The zero-order chi connectivity index (χ0) is 13.2. The summed E-state index contributed by atoms with van der Waals surface area (Å²) in [5, 5.41) is 9.09. The second-order valence-electron chi connectivity index (χ2n) is 4.85. The fourth-order valence-corrected chi connectivity index (χ4v) is 2.00. The first-order valence-electron chi connectivity index (χ1n) is 5.92. The smallest absolute Gasteiger partial charge is 0.225 e. The van der Waals surface area contributed by atoms with Crippen LogP contribution in [0.3, 0.4) is 0 Å². The molecule has 0 spiro atoms. The Morgan fingerprint density at radius 1 is 1.22 bits per heavy atom. The van der Waals surface area contributed by atoms with E-state index in [-0.39, 0.29) is 0 Å². The Kier molecular flexibility index (Phi) is 3.43. The van der Waals surface area contributed by atoms with Gasteiger partial charge in [0.1, 0.15) is 5.54 Å². The fraction of sp³-hybridized carbons (Fsp3) is 0.583. The van der Waals surface area contributed by atoms with Crippen LogP contribution in [0.15, 0.2) is 12.4 Å². The lowest BCUT2D eigenvalue weighted by Gasteiger charge is -2.40. The monoisotopic (exact) mass is 249 g/mol. The van der Waals surface area contributed by atoms with E-state index in [0.717, 1.165) is 26.2 Å². The van der Waals surface area contributed by atoms with Crippen LogP contribution in [0.4, 0.5) is 10.3 Å². The normalized spacial score (nSPS) is 17.6. The SMILES string of the molecule is CC(C)(C#N)N1CCN(c2ncc(F)cn2)CC1. The van der Waals surface area contributed by atoms with Crippen LogP contribution in [0, 0.1) is 17.1 Å². The summed E-state index contributed by atoms with van der Waals surface area (Å²) >= 11 is 0. The van der Waals surface area contributed by atoms with Crippen molar-refractivity contribution >= 4 is 5.95 Å². The highest BCUT2D eigenvalue weighted by atomic mass is 19.1. The Morgan fingerprint density at radius 3 is 2.28 bits per heavy atom. The van der Waals surface area contributed by atoms with Gasteiger partial charge in [0, 0.05) is 26.2 Å². The summed E-state index contributed by atoms with van der Waals surface area (Å²) in [6, 6.07) is 2.30. The molecule has 1 fully saturated rings. The molecule has 1 aromatic heterocycles. The van der Waals surface area contributed by atoms with Crippen molar-refractivity contribution in [2.45, 2.75) is 19.4 Å². The molecule has 1 aliphatic heterocycles. The van der Waals surface area contributed by atoms with Gasteiger partial charge in [-0.1, -0.05) is 0 Å². The largest absolute Gasteiger partial charge is 0.338 e. The van der Waals surface area contributed by atoms with Gasteiger partial charge in [0.25, 0.3) is 0 Å². The van der Waals surface area contributed by atoms with Crippen LogP contribution in [0.5, 0.6) is 0 Å². The number of nitrogens with zero attached hydrogens (tertiary/aromatic N) is 5. The summed E-state index contributed by atoms with van der Waals surface area (Å²) in [6.07, 6.45) is 2.35. The molecular weight excluding hydrogens is 233 g/mol. The highest BCUT2D eigenvalue weighted by molar-refractivity contribution is 5.29. The van der Waals surface area contributed by atoms with Gasteiger partial charge in [0.2, 0.25) is 5.95 Å². The standard InChI is InChI=1S/C12H16FN5/c1-12(2,9-14)18-5-3-17(4-6-18)11-15-7-10(13)8-16-11/h7-8H,3-6H2,1-2H3. The summed E-state index contributed by atoms with van der Waals surface area (Å²) in [7, 11) is 0. The molecule has 0 unspecified atom stereocenters. The number of hydrogen-bond acceptors (Lipinski definition) is 5. The molecule has 2 heterocycles. The highest BCUT2D eigenvalue weighted by Crippen LogP contribution is 2.18. The third-order valence-electron chi connectivity index (χ3n) is 3.23. The Hall–Kier alpha value is -1.74. The number of rotatable bonds is 2. The average Bonchev–Trinajstić information content (AvgIpc) is 2.40. The van der Waals surface area contributed by atoms with E-state index in [0.29, 0.717) is 5.95 Å². The van der Waals surface area contributed by atoms with Gasteiger partial charge in [0.05, 0.1) is 18.5 Å². The van der Waals surface area contributed by atoms with E-state index in [9.17, 15) is 4.39 Å². The van der Waals surface area contributed by atoms with Gasteiger partial charge in [-0.25, -0.2) is 14.4 Å². The molecule has 1 aliphatic rings. The van der Waals surface area contributed by atoms with Crippen LogP contribution in [-0.2, 0) is 0 Å². The molecule has 0 atom stereocenters. The molecule has 0 saturated carbocycles. The van der Waals surface area contributed by atoms with Gasteiger partial charge in [-0.2, -0.15) is 5.26 Å². The number of nitriles is 1. The molecule has 0 N–H and O–H groups in total. The minimum atomic E-state index is -0.449. The van der Waals surface area contributed by atoms with Gasteiger partial charge < -0.3 is 4.90 Å². The molecule has 0 radical (unpaired) electrons. The number of hydrogen-bond donors (Lipinski definition) is 0. The quantitative estimate of drug-likeness (QED) is 0.784. The van der Waals surface area contributed by atoms with Crippen LogP contribution >= 0.6 is 0 Å². The number of halogens is 1. The molecular formula is C12H16FN5. The van der Waals surface area contributed by atoms with Crippen LogP contribution < -0.4 is 4.90 Å². The van der Waals surface area contributed by atoms with E-state index in [2.05, 4.69) is 20.9 Å². The molecule has 0 bridgehead atoms. The van der Waals surface area contributed by atoms with Crippen molar-refractivity contribution in [1.82, 2.24) is 14.9 Å². The predicted octanol–water partition coefficient (Wildman–Crippen LogP) is 1.04. The van der Waals surface area contributed by atoms with Gasteiger partial charge >= 0.3 is 0 Å². The lowest BCUT2D eigenvalue weighted by Crippen LogP contribution is -2.54. The number of piperazine rings is 1. The highest BCUT2D eigenvalue weighted by Gasteiger charge is 2.30. The van der Waals surface area contributed by atoms with Crippen molar-refractivity contribution < 1.29 is 4.39 Å². The zero-order valence-electron chi connectivity index (χ0n) is 10.6. The second-order valence-corrected chi connectivity index (χ2v) is 4.85. The van der Waals surface area contributed by atoms with Crippen molar-refractivity contribution in [3.05, 3.63) is 18.2 Å². The summed E-state index contributed by atoms with van der Waals surface area (Å²) in [5.41, 5.74) is -0.449. The Bertz CT molecular complexity index is 443. The first kappa shape index (κ1) is 12.7. The molecule has 6 heteroatoms. The molecule has 18 heavy (non-hydrogen) atoms. The Morgan fingerprint density at radius 2 is 1.78 bits per heavy atom. The molecule has 1 aromatic rings. The summed E-state index contributed by atoms with van der Waals surface area (Å²) in [6.45, 7) is 6.88. The van der Waals surface area contributed by atoms with Gasteiger partial charge in [-0.05, 0) is 13.8 Å². The topological polar surface area (TPSA) is 56.1 Å². The third kappa shape index (κ3) is 2.57. The first-order chi connectivity index (χ1) is 8.53. The maximum Gasteiger partial charge on any atom is 0.225 e. The summed E-state index contributed by atoms with van der Waals surface area (Å²) in [5.74, 6) is 0.119.